The first kappa shape index (κ1) is 30.7. The van der Waals surface area contributed by atoms with Gasteiger partial charge in [-0.1, -0.05) is 78.9 Å². The van der Waals surface area contributed by atoms with Gasteiger partial charge < -0.3 is 35.1 Å². The predicted molar refractivity (Wildman–Crippen MR) is 140 cm³/mol. The molecule has 0 heterocycles. The number of rotatable bonds is 8. The monoisotopic (exact) mass is 531 g/mol. The summed E-state index contributed by atoms with van der Waals surface area (Å²) in [5.74, 6) is 0. The van der Waals surface area contributed by atoms with Gasteiger partial charge in [0.15, 0.2) is 0 Å². The van der Waals surface area contributed by atoms with Crippen LogP contribution >= 0.6 is 0 Å². The smallest absolute Gasteiger partial charge is 0.451 e. The number of ether oxygens (including phenoxy) is 2. The Balaban J connectivity index is 0.000000379. The summed E-state index contributed by atoms with van der Waals surface area (Å²) in [7, 11) is 1.65. The Hall–Kier alpha value is -3.31. The average molecular weight is 532 g/mol. The van der Waals surface area contributed by atoms with Gasteiger partial charge in [0.2, 0.25) is 0 Å². The van der Waals surface area contributed by atoms with Gasteiger partial charge >= 0.3 is 28.7 Å². The molecule has 1 radical (unpaired) electrons. The quantitative estimate of drug-likeness (QED) is 0.256. The summed E-state index contributed by atoms with van der Waals surface area (Å²) in [6.07, 6.45) is -0.0532. The summed E-state index contributed by atoms with van der Waals surface area (Å²) in [5, 5.41) is 2.79. The van der Waals surface area contributed by atoms with E-state index < -0.39 is 6.09 Å². The molecule has 0 saturated heterocycles. The molecule has 7 heteroatoms. The molecule has 0 fully saturated rings. The normalized spacial score (nSPS) is 9.81. The Labute approximate surface area is 224 Å². The molecule has 193 valence electrons. The summed E-state index contributed by atoms with van der Waals surface area (Å²) >= 11 is 0. The van der Waals surface area contributed by atoms with Crippen LogP contribution in [0.2, 0.25) is 0 Å². The Morgan fingerprint density at radius 1 is 0.861 bits per heavy atom. The molecule has 1 N–H and O–H groups in total. The van der Waals surface area contributed by atoms with E-state index in [2.05, 4.69) is 26.1 Å². The van der Waals surface area contributed by atoms with Crippen molar-refractivity contribution in [2.24, 2.45) is 0 Å². The molecule has 2 amide bonds. The maximum Gasteiger partial charge on any atom is 3.00 e. The van der Waals surface area contributed by atoms with E-state index in [1.807, 2.05) is 84.9 Å². The van der Waals surface area contributed by atoms with E-state index in [0.29, 0.717) is 26.0 Å². The molecule has 6 nitrogen and oxygen atoms in total. The number of nitrogens with zero attached hydrogens (tertiary/aromatic N) is 1. The largest absolute Gasteiger partial charge is 3.00 e. The number of carbonyl (C=O) groups excluding carboxylic acids is 2. The van der Waals surface area contributed by atoms with Gasteiger partial charge in [-0.2, -0.15) is 0 Å². The molecule has 36 heavy (non-hydrogen) atoms. The number of hydrogen-bond acceptors (Lipinski definition) is 4. The molecule has 0 unspecified atom stereocenters. The van der Waals surface area contributed by atoms with Gasteiger partial charge in [-0.05, 0) is 17.2 Å². The summed E-state index contributed by atoms with van der Waals surface area (Å²) in [5.41, 5.74) is 3.70. The SMILES string of the molecule is [CH2-]CC(C[CH2-])OC(=O)Nc1ccccc1-c1ccccc1.[CH2-]CN(C)C(=O)OCc1ccccc1.[Ni+3]. The van der Waals surface area contributed by atoms with E-state index in [-0.39, 0.29) is 28.7 Å². The minimum atomic E-state index is -0.476. The average Bonchev–Trinajstić information content (AvgIpc) is 2.91. The van der Waals surface area contributed by atoms with Crippen molar-refractivity contribution in [1.29, 1.82) is 0 Å². The Kier molecular flexibility index (Phi) is 14.7. The minimum Gasteiger partial charge on any atom is -0.451 e. The molecule has 3 aromatic rings. The molecular formula is C29H33N2NiO4. The van der Waals surface area contributed by atoms with Crippen molar-refractivity contribution in [3.8, 4) is 11.1 Å². The second-order valence-electron chi connectivity index (χ2n) is 7.60. The van der Waals surface area contributed by atoms with Crippen molar-refractivity contribution < 1.29 is 35.6 Å². The Morgan fingerprint density at radius 2 is 1.42 bits per heavy atom. The van der Waals surface area contributed by atoms with Crippen LogP contribution < -0.4 is 5.32 Å². The minimum absolute atomic E-state index is 0. The third-order valence-electron chi connectivity index (χ3n) is 5.02. The summed E-state index contributed by atoms with van der Waals surface area (Å²) < 4.78 is 10.3. The van der Waals surface area contributed by atoms with Crippen LogP contribution in [0.5, 0.6) is 0 Å². The number of amides is 2. The fourth-order valence-electron chi connectivity index (χ4n) is 2.94. The van der Waals surface area contributed by atoms with Crippen molar-refractivity contribution >= 4 is 17.9 Å². The molecule has 0 aliphatic rings. The fourth-order valence-corrected chi connectivity index (χ4v) is 2.94. The van der Waals surface area contributed by atoms with E-state index in [4.69, 9.17) is 9.47 Å². The van der Waals surface area contributed by atoms with Gasteiger partial charge in [0, 0.05) is 18.7 Å². The summed E-state index contributed by atoms with van der Waals surface area (Å²) in [6, 6.07) is 27.1. The molecule has 0 aliphatic carbocycles. The summed E-state index contributed by atoms with van der Waals surface area (Å²) in [6.45, 7) is 11.8. The molecule has 0 saturated carbocycles. The van der Waals surface area contributed by atoms with Gasteiger partial charge in [-0.15, -0.1) is 19.4 Å². The molecule has 0 bridgehead atoms. The van der Waals surface area contributed by atoms with Crippen LogP contribution in [0.3, 0.4) is 0 Å². The Morgan fingerprint density at radius 3 is 2.00 bits per heavy atom. The van der Waals surface area contributed by atoms with Crippen molar-refractivity contribution in [3.63, 3.8) is 0 Å². The van der Waals surface area contributed by atoms with Crippen molar-refractivity contribution in [2.45, 2.75) is 25.6 Å². The van der Waals surface area contributed by atoms with Crippen molar-refractivity contribution in [3.05, 3.63) is 111 Å². The number of benzene rings is 3. The van der Waals surface area contributed by atoms with Crippen LogP contribution in [-0.2, 0) is 32.6 Å². The third kappa shape index (κ3) is 10.5. The number of para-hydroxylation sites is 1. The Bertz CT molecular complexity index is 1030. The first-order chi connectivity index (χ1) is 17.0. The standard InChI is InChI=1S/C18H19NO2.C11H14NO2.Ni/c1-3-15(4-2)21-18(20)19-17-13-9-8-12-16(17)14-10-6-5-7-11-14;1-3-12(2)11(13)14-9-10-7-5-4-6-8-10;/h5-13,15H,1-4H2,(H,19,20);4-8H,1,3,9H2,2H3;/q-2;-1;+3. The van der Waals surface area contributed by atoms with Crippen LogP contribution in [0.1, 0.15) is 18.4 Å². The molecule has 0 aromatic heterocycles. The van der Waals surface area contributed by atoms with Crippen LogP contribution in [0.25, 0.3) is 11.1 Å². The fraction of sp³-hybridized carbons (Fsp3) is 0.207. The van der Waals surface area contributed by atoms with E-state index in [0.717, 1.165) is 22.4 Å². The zero-order chi connectivity index (χ0) is 25.5. The molecule has 3 aromatic carbocycles. The first-order valence-electron chi connectivity index (χ1n) is 11.4. The zero-order valence-corrected chi connectivity index (χ0v) is 21.5. The van der Waals surface area contributed by atoms with E-state index >= 15 is 0 Å². The van der Waals surface area contributed by atoms with Gasteiger partial charge in [-0.25, -0.2) is 9.59 Å². The first-order valence-corrected chi connectivity index (χ1v) is 11.4. The maximum atomic E-state index is 11.9. The van der Waals surface area contributed by atoms with Gasteiger partial charge in [0.1, 0.15) is 6.61 Å². The molecule has 0 spiro atoms. The van der Waals surface area contributed by atoms with Crippen LogP contribution in [0.15, 0.2) is 84.9 Å². The van der Waals surface area contributed by atoms with Crippen LogP contribution in [-0.4, -0.2) is 36.8 Å². The number of carbonyl (C=O) groups is 2. The van der Waals surface area contributed by atoms with Gasteiger partial charge in [-0.3, -0.25) is 5.32 Å². The maximum absolute atomic E-state index is 11.9. The van der Waals surface area contributed by atoms with Crippen LogP contribution in [0.4, 0.5) is 15.3 Å². The second-order valence-corrected chi connectivity index (χ2v) is 7.60. The van der Waals surface area contributed by atoms with Crippen LogP contribution in [0, 0.1) is 20.8 Å². The molecule has 0 atom stereocenters. The van der Waals surface area contributed by atoms with Crippen molar-refractivity contribution in [1.82, 2.24) is 4.90 Å². The molecule has 3 rings (SSSR count). The van der Waals surface area contributed by atoms with E-state index in [9.17, 15) is 9.59 Å². The van der Waals surface area contributed by atoms with Gasteiger partial charge in [0.25, 0.3) is 0 Å². The summed E-state index contributed by atoms with van der Waals surface area (Å²) in [4.78, 5) is 24.6. The zero-order valence-electron chi connectivity index (χ0n) is 20.5. The van der Waals surface area contributed by atoms with E-state index in [1.54, 1.807) is 7.05 Å². The number of hydrogen-bond donors (Lipinski definition) is 1. The molecule has 0 aliphatic heterocycles. The topological polar surface area (TPSA) is 67.9 Å². The number of nitrogens with one attached hydrogen (secondary N) is 1. The van der Waals surface area contributed by atoms with Gasteiger partial charge in [0.05, 0.1) is 5.69 Å². The predicted octanol–water partition coefficient (Wildman–Crippen LogP) is 6.81. The number of anilines is 1. The van der Waals surface area contributed by atoms with Crippen molar-refractivity contribution in [2.75, 3.05) is 18.9 Å². The second kappa shape index (κ2) is 17.2. The van der Waals surface area contributed by atoms with E-state index in [1.165, 1.54) is 4.90 Å². The molecular weight excluding hydrogens is 499 g/mol. The third-order valence-corrected chi connectivity index (χ3v) is 5.02.